The molecule has 3 aromatic carbocycles. The molecular weight excluding hydrogens is 384 g/mol. The zero-order valence-corrected chi connectivity index (χ0v) is 18.5. The van der Waals surface area contributed by atoms with Gasteiger partial charge in [-0.15, -0.1) is 0 Å². The molecule has 0 radical (unpaired) electrons. The molecule has 0 bridgehead atoms. The average molecular weight is 417 g/mol. The molecule has 1 fully saturated rings. The van der Waals surface area contributed by atoms with E-state index in [1.807, 2.05) is 42.5 Å². The van der Waals surface area contributed by atoms with E-state index in [1.165, 1.54) is 5.56 Å². The summed E-state index contributed by atoms with van der Waals surface area (Å²) < 4.78 is 6.26. The minimum absolute atomic E-state index is 0.0323. The van der Waals surface area contributed by atoms with Crippen LogP contribution in [0.15, 0.2) is 66.7 Å². The number of amides is 1. The molecule has 1 saturated heterocycles. The molecule has 0 aliphatic carbocycles. The number of nitrogens with zero attached hydrogens (tertiary/aromatic N) is 1. The Kier molecular flexibility index (Phi) is 6.88. The predicted molar refractivity (Wildman–Crippen MR) is 127 cm³/mol. The van der Waals surface area contributed by atoms with Gasteiger partial charge in [-0.3, -0.25) is 4.79 Å². The van der Waals surface area contributed by atoms with Gasteiger partial charge in [-0.25, -0.2) is 0 Å². The van der Waals surface area contributed by atoms with Crippen LogP contribution >= 0.6 is 0 Å². The third kappa shape index (κ3) is 5.65. The van der Waals surface area contributed by atoms with Gasteiger partial charge in [-0.2, -0.15) is 0 Å². The van der Waals surface area contributed by atoms with E-state index in [0.717, 1.165) is 48.9 Å². The largest absolute Gasteiger partial charge is 0.490 e. The van der Waals surface area contributed by atoms with Crippen molar-refractivity contribution in [3.63, 3.8) is 0 Å². The second-order valence-corrected chi connectivity index (χ2v) is 8.66. The van der Waals surface area contributed by atoms with E-state index in [9.17, 15) is 4.79 Å². The molecule has 1 aliphatic rings. The molecule has 0 saturated carbocycles. The van der Waals surface area contributed by atoms with Gasteiger partial charge in [0.05, 0.1) is 0 Å². The molecule has 4 nitrogen and oxygen atoms in total. The Balaban J connectivity index is 1.34. The number of nitrogens with one attached hydrogen (secondary N) is 1. The fraction of sp³-hybridized carbons (Fsp3) is 0.370. The van der Waals surface area contributed by atoms with Crippen LogP contribution in [0.5, 0.6) is 5.75 Å². The van der Waals surface area contributed by atoms with Crippen LogP contribution in [0.1, 0.15) is 42.6 Å². The van der Waals surface area contributed by atoms with Crippen LogP contribution in [-0.2, 0) is 6.42 Å². The molecule has 1 amide bonds. The maximum absolute atomic E-state index is 12.5. The Hall–Kier alpha value is -2.85. The summed E-state index contributed by atoms with van der Waals surface area (Å²) in [5.74, 6) is 0.880. The summed E-state index contributed by atoms with van der Waals surface area (Å²) >= 11 is 0. The number of ether oxygens (including phenoxy) is 1. The van der Waals surface area contributed by atoms with Crippen LogP contribution in [0.3, 0.4) is 0 Å². The number of carbonyl (C=O) groups excluding carboxylic acids is 1. The monoisotopic (exact) mass is 416 g/mol. The number of carbonyl (C=O) groups is 1. The third-order valence-electron chi connectivity index (χ3n) is 6.13. The zero-order valence-electron chi connectivity index (χ0n) is 18.5. The highest BCUT2D eigenvalue weighted by molar-refractivity contribution is 5.98. The number of benzene rings is 3. The topological polar surface area (TPSA) is 41.6 Å². The molecule has 0 aromatic heterocycles. The summed E-state index contributed by atoms with van der Waals surface area (Å²) in [7, 11) is 0. The number of rotatable bonds is 7. The molecule has 1 heterocycles. The van der Waals surface area contributed by atoms with Gasteiger partial charge >= 0.3 is 0 Å². The molecule has 1 aliphatic heterocycles. The number of piperidine rings is 1. The Morgan fingerprint density at radius 2 is 1.71 bits per heavy atom. The maximum atomic E-state index is 12.5. The maximum Gasteiger partial charge on any atom is 0.251 e. The first-order valence-corrected chi connectivity index (χ1v) is 11.3. The lowest BCUT2D eigenvalue weighted by atomic mass is 10.0. The van der Waals surface area contributed by atoms with Gasteiger partial charge in [0, 0.05) is 31.2 Å². The summed E-state index contributed by atoms with van der Waals surface area (Å²) in [6.07, 6.45) is 3.25. The van der Waals surface area contributed by atoms with Crippen molar-refractivity contribution in [3.8, 4) is 5.75 Å². The Labute approximate surface area is 185 Å². The second-order valence-electron chi connectivity index (χ2n) is 8.66. The van der Waals surface area contributed by atoms with E-state index in [-0.39, 0.29) is 12.0 Å². The van der Waals surface area contributed by atoms with Crippen molar-refractivity contribution in [2.24, 2.45) is 0 Å². The molecule has 0 spiro atoms. The van der Waals surface area contributed by atoms with Crippen molar-refractivity contribution in [3.05, 3.63) is 77.9 Å². The fourth-order valence-electron chi connectivity index (χ4n) is 4.21. The van der Waals surface area contributed by atoms with E-state index in [1.54, 1.807) is 0 Å². The first-order chi connectivity index (χ1) is 15.1. The lowest BCUT2D eigenvalue weighted by molar-refractivity contribution is 0.0844. The minimum Gasteiger partial charge on any atom is -0.490 e. The molecule has 1 N–H and O–H groups in total. The van der Waals surface area contributed by atoms with E-state index < -0.39 is 0 Å². The van der Waals surface area contributed by atoms with Gasteiger partial charge in [0.15, 0.2) is 0 Å². The normalized spacial score (nSPS) is 15.3. The van der Waals surface area contributed by atoms with Crippen molar-refractivity contribution in [1.82, 2.24) is 10.2 Å². The molecule has 162 valence electrons. The number of hydrogen-bond donors (Lipinski definition) is 1. The third-order valence-corrected chi connectivity index (χ3v) is 6.13. The SMILES string of the molecule is CC(C)N1CCC(Oc2ccc3cc(C(=O)NCCc4ccccc4)ccc3c2)CC1. The summed E-state index contributed by atoms with van der Waals surface area (Å²) in [4.78, 5) is 15.0. The van der Waals surface area contributed by atoms with Crippen LogP contribution in [-0.4, -0.2) is 42.6 Å². The molecule has 0 atom stereocenters. The van der Waals surface area contributed by atoms with Crippen molar-refractivity contribution in [2.75, 3.05) is 19.6 Å². The molecular formula is C27H32N2O2. The van der Waals surface area contributed by atoms with Crippen molar-refractivity contribution in [1.29, 1.82) is 0 Å². The Morgan fingerprint density at radius 3 is 2.45 bits per heavy atom. The van der Waals surface area contributed by atoms with Crippen LogP contribution < -0.4 is 10.1 Å². The highest BCUT2D eigenvalue weighted by atomic mass is 16.5. The minimum atomic E-state index is -0.0323. The smallest absolute Gasteiger partial charge is 0.251 e. The Morgan fingerprint density at radius 1 is 1.00 bits per heavy atom. The van der Waals surface area contributed by atoms with Crippen molar-refractivity contribution < 1.29 is 9.53 Å². The molecule has 31 heavy (non-hydrogen) atoms. The Bertz CT molecular complexity index is 1010. The fourth-order valence-corrected chi connectivity index (χ4v) is 4.21. The highest BCUT2D eigenvalue weighted by Crippen LogP contribution is 2.25. The summed E-state index contributed by atoms with van der Waals surface area (Å²) in [6, 6.07) is 22.8. The van der Waals surface area contributed by atoms with Gasteiger partial charge in [0.25, 0.3) is 5.91 Å². The van der Waals surface area contributed by atoms with Crippen LogP contribution in [0.2, 0.25) is 0 Å². The van der Waals surface area contributed by atoms with Gasteiger partial charge in [0.1, 0.15) is 11.9 Å². The molecule has 4 heteroatoms. The standard InChI is InChI=1S/C27H32N2O2/c1-20(2)29-16-13-25(14-17-29)31-26-11-10-22-18-24(9-8-23(22)19-26)27(30)28-15-12-21-6-4-3-5-7-21/h3-11,18-20,25H,12-17H2,1-2H3,(H,28,30). The van der Waals surface area contributed by atoms with E-state index in [0.29, 0.717) is 18.2 Å². The van der Waals surface area contributed by atoms with Crippen LogP contribution in [0.4, 0.5) is 0 Å². The lowest BCUT2D eigenvalue weighted by Crippen LogP contribution is -2.41. The predicted octanol–water partition coefficient (Wildman–Crippen LogP) is 5.06. The summed E-state index contributed by atoms with van der Waals surface area (Å²) in [6.45, 7) is 7.32. The number of likely N-dealkylation sites (tertiary alicyclic amines) is 1. The van der Waals surface area contributed by atoms with Crippen LogP contribution in [0, 0.1) is 0 Å². The number of fused-ring (bicyclic) bond motifs is 1. The second kappa shape index (κ2) is 9.97. The van der Waals surface area contributed by atoms with Crippen molar-refractivity contribution >= 4 is 16.7 Å². The quantitative estimate of drug-likeness (QED) is 0.585. The molecule has 0 unspecified atom stereocenters. The van der Waals surface area contributed by atoms with Crippen molar-refractivity contribution in [2.45, 2.75) is 45.3 Å². The van der Waals surface area contributed by atoms with E-state index in [4.69, 9.17) is 4.74 Å². The first-order valence-electron chi connectivity index (χ1n) is 11.3. The van der Waals surface area contributed by atoms with Gasteiger partial charge in [-0.1, -0.05) is 42.5 Å². The summed E-state index contributed by atoms with van der Waals surface area (Å²) in [5.41, 5.74) is 1.92. The van der Waals surface area contributed by atoms with Crippen LogP contribution in [0.25, 0.3) is 10.8 Å². The first kappa shape index (κ1) is 21.4. The summed E-state index contributed by atoms with van der Waals surface area (Å²) in [5, 5.41) is 5.17. The zero-order chi connectivity index (χ0) is 21.6. The lowest BCUT2D eigenvalue weighted by Gasteiger charge is -2.34. The average Bonchev–Trinajstić information content (AvgIpc) is 2.79. The van der Waals surface area contributed by atoms with Gasteiger partial charge in [-0.05, 0) is 73.7 Å². The molecule has 3 aromatic rings. The number of hydrogen-bond acceptors (Lipinski definition) is 3. The molecule has 4 rings (SSSR count). The van der Waals surface area contributed by atoms with Gasteiger partial charge in [0.2, 0.25) is 0 Å². The highest BCUT2D eigenvalue weighted by Gasteiger charge is 2.22. The van der Waals surface area contributed by atoms with E-state index in [2.05, 4.69) is 48.3 Å². The van der Waals surface area contributed by atoms with Gasteiger partial charge < -0.3 is 15.0 Å². The van der Waals surface area contributed by atoms with E-state index >= 15 is 0 Å².